The van der Waals surface area contributed by atoms with Crippen LogP contribution in [0.3, 0.4) is 0 Å². The van der Waals surface area contributed by atoms with Gasteiger partial charge in [0, 0.05) is 13.0 Å². The molecule has 0 aromatic carbocycles. The number of nitrogens with one attached hydrogen (secondary N) is 1. The summed E-state index contributed by atoms with van der Waals surface area (Å²) >= 11 is 0. The normalized spacial score (nSPS) is 11.7. The zero-order valence-corrected chi connectivity index (χ0v) is 22.6. The molecule has 0 aliphatic carbocycles. The van der Waals surface area contributed by atoms with E-state index in [4.69, 9.17) is 11.5 Å². The van der Waals surface area contributed by atoms with E-state index in [0.29, 0.717) is 19.4 Å². The summed E-state index contributed by atoms with van der Waals surface area (Å²) in [7, 11) is 0. The Labute approximate surface area is 217 Å². The molecule has 0 aromatic rings. The van der Waals surface area contributed by atoms with Crippen molar-refractivity contribution in [3.8, 4) is 0 Å². The summed E-state index contributed by atoms with van der Waals surface area (Å²) in [5.41, 5.74) is 10.4. The third-order valence-electron chi connectivity index (χ3n) is 5.23. The molecule has 8 heteroatoms. The van der Waals surface area contributed by atoms with Crippen LogP contribution in [0.2, 0.25) is 0 Å². The molecule has 1 amide bonds. The first-order chi connectivity index (χ1) is 15.0. The van der Waals surface area contributed by atoms with E-state index in [-0.39, 0.29) is 47.8 Å². The number of nitrogens with zero attached hydrogens (tertiary/aromatic N) is 1. The molecule has 0 radical (unpaired) electrons. The number of allylic oxidation sites excluding steroid dienone is 2. The molecule has 180 valence electrons. The number of hydrogen-bond acceptors (Lipinski definition) is 4. The van der Waals surface area contributed by atoms with Gasteiger partial charge in [-0.2, -0.15) is 0 Å². The second-order valence-corrected chi connectivity index (χ2v) is 8.22. The van der Waals surface area contributed by atoms with Gasteiger partial charge in [0.1, 0.15) is 0 Å². The zero-order chi connectivity index (χ0) is 23.2. The number of nitrogens with two attached hydrogens (primary N) is 2. The van der Waals surface area contributed by atoms with Crippen molar-refractivity contribution in [3.05, 3.63) is 12.2 Å². The van der Waals surface area contributed by atoms with Crippen LogP contribution in [0.1, 0.15) is 110 Å². The summed E-state index contributed by atoms with van der Waals surface area (Å²) in [6, 6.07) is -0.996. The minimum atomic E-state index is -1.28. The van der Waals surface area contributed by atoms with Crippen LogP contribution in [0.15, 0.2) is 17.1 Å². The molecule has 0 saturated heterocycles. The van der Waals surface area contributed by atoms with E-state index in [1.54, 1.807) is 0 Å². The SMILES string of the molecule is CCCCCCCC/C=C\CCCCCCCC(=O)N[C@@H](CCCN=C(N)N)C(=O)[O-].[Na+]. The molecule has 0 spiro atoms. The molecule has 0 fully saturated rings. The van der Waals surface area contributed by atoms with Crippen molar-refractivity contribution in [3.63, 3.8) is 0 Å². The second-order valence-electron chi connectivity index (χ2n) is 8.22. The topological polar surface area (TPSA) is 134 Å². The summed E-state index contributed by atoms with van der Waals surface area (Å²) in [4.78, 5) is 26.9. The number of hydrogen-bond donors (Lipinski definition) is 3. The van der Waals surface area contributed by atoms with Crippen LogP contribution in [0, 0.1) is 0 Å². The third-order valence-corrected chi connectivity index (χ3v) is 5.23. The molecule has 5 N–H and O–H groups in total. The van der Waals surface area contributed by atoms with E-state index in [0.717, 1.165) is 32.1 Å². The number of rotatable bonds is 21. The number of carbonyl (C=O) groups is 2. The molecule has 0 aliphatic rings. The number of unbranched alkanes of at least 4 members (excludes halogenated alkanes) is 11. The van der Waals surface area contributed by atoms with E-state index in [9.17, 15) is 14.7 Å². The van der Waals surface area contributed by atoms with E-state index in [1.165, 1.54) is 51.4 Å². The Morgan fingerprint density at radius 1 is 0.875 bits per heavy atom. The van der Waals surface area contributed by atoms with Gasteiger partial charge in [0.05, 0.1) is 12.0 Å². The Balaban J connectivity index is 0. The maximum Gasteiger partial charge on any atom is 1.00 e. The summed E-state index contributed by atoms with van der Waals surface area (Å²) < 4.78 is 0. The summed E-state index contributed by atoms with van der Waals surface area (Å²) in [5, 5.41) is 13.7. The van der Waals surface area contributed by atoms with Crippen molar-refractivity contribution >= 4 is 17.8 Å². The summed E-state index contributed by atoms with van der Waals surface area (Å²) in [6.07, 6.45) is 21.2. The molecule has 0 saturated carbocycles. The quantitative estimate of drug-likeness (QED) is 0.0745. The Hall–Kier alpha value is -1.05. The fourth-order valence-electron chi connectivity index (χ4n) is 3.38. The molecule has 0 unspecified atom stereocenters. The summed E-state index contributed by atoms with van der Waals surface area (Å²) in [6.45, 7) is 2.58. The van der Waals surface area contributed by atoms with Crippen LogP contribution in [0.25, 0.3) is 0 Å². The van der Waals surface area contributed by atoms with Crippen LogP contribution in [-0.2, 0) is 9.59 Å². The number of carboxylic acid groups (broad SMARTS) is 1. The van der Waals surface area contributed by atoms with Crippen molar-refractivity contribution in [2.75, 3.05) is 6.54 Å². The number of aliphatic carboxylic acids is 1. The van der Waals surface area contributed by atoms with Gasteiger partial charge in [0.2, 0.25) is 5.91 Å². The van der Waals surface area contributed by atoms with Crippen molar-refractivity contribution in [2.45, 2.75) is 116 Å². The molecule has 0 heterocycles. The van der Waals surface area contributed by atoms with Gasteiger partial charge >= 0.3 is 29.6 Å². The molecule has 32 heavy (non-hydrogen) atoms. The van der Waals surface area contributed by atoms with Gasteiger partial charge in [-0.3, -0.25) is 9.79 Å². The third kappa shape index (κ3) is 23.6. The Bertz CT molecular complexity index is 523. The summed E-state index contributed by atoms with van der Waals surface area (Å²) in [5.74, 6) is -1.55. The average molecular weight is 461 g/mol. The molecular weight excluding hydrogens is 415 g/mol. The van der Waals surface area contributed by atoms with Gasteiger partial charge < -0.3 is 26.7 Å². The molecule has 0 aliphatic heterocycles. The number of aliphatic imine (C=N–C) groups is 1. The maximum atomic E-state index is 12.0. The molecule has 0 aromatic heterocycles. The zero-order valence-electron chi connectivity index (χ0n) is 20.6. The number of guanidine groups is 1. The Kier molecular flexibility index (Phi) is 25.5. The first-order valence-electron chi connectivity index (χ1n) is 12.2. The first kappa shape index (κ1) is 33.1. The minimum absolute atomic E-state index is 0. The van der Waals surface area contributed by atoms with E-state index >= 15 is 0 Å². The van der Waals surface area contributed by atoms with E-state index in [2.05, 4.69) is 29.4 Å². The van der Waals surface area contributed by atoms with Crippen LogP contribution < -0.4 is 51.4 Å². The minimum Gasteiger partial charge on any atom is -0.548 e. The van der Waals surface area contributed by atoms with Crippen molar-refractivity contribution < 1.29 is 44.3 Å². The number of amides is 1. The van der Waals surface area contributed by atoms with Gasteiger partial charge in [-0.1, -0.05) is 70.4 Å². The predicted octanol–water partition coefficient (Wildman–Crippen LogP) is 0.316. The van der Waals surface area contributed by atoms with Crippen molar-refractivity contribution in [1.82, 2.24) is 5.32 Å². The molecule has 1 atom stereocenters. The van der Waals surface area contributed by atoms with Crippen molar-refractivity contribution in [1.29, 1.82) is 0 Å². The Morgan fingerprint density at radius 3 is 1.94 bits per heavy atom. The molecular formula is C24H45N4NaO3. The van der Waals surface area contributed by atoms with Gasteiger partial charge in [0.25, 0.3) is 0 Å². The second kappa shape index (κ2) is 24.6. The van der Waals surface area contributed by atoms with Crippen LogP contribution in [0.4, 0.5) is 0 Å². The monoisotopic (exact) mass is 460 g/mol. The average Bonchev–Trinajstić information content (AvgIpc) is 2.72. The number of carbonyl (C=O) groups excluding carboxylic acids is 2. The Morgan fingerprint density at radius 2 is 1.41 bits per heavy atom. The van der Waals surface area contributed by atoms with Gasteiger partial charge in [0.15, 0.2) is 5.96 Å². The van der Waals surface area contributed by atoms with E-state index < -0.39 is 12.0 Å². The molecule has 7 nitrogen and oxygen atoms in total. The van der Waals surface area contributed by atoms with Crippen LogP contribution in [-0.4, -0.2) is 30.4 Å². The van der Waals surface area contributed by atoms with Crippen LogP contribution in [0.5, 0.6) is 0 Å². The van der Waals surface area contributed by atoms with Crippen LogP contribution >= 0.6 is 0 Å². The van der Waals surface area contributed by atoms with Gasteiger partial charge in [-0.25, -0.2) is 0 Å². The van der Waals surface area contributed by atoms with E-state index in [1.807, 2.05) is 0 Å². The van der Waals surface area contributed by atoms with Crippen molar-refractivity contribution in [2.24, 2.45) is 16.5 Å². The van der Waals surface area contributed by atoms with Gasteiger partial charge in [-0.05, 0) is 44.9 Å². The standard InChI is InChI=1S/C24H46N4O3.Na/c1-2-3-4-5-6-7-8-9-10-11-12-13-14-15-16-19-22(29)28-21(23(30)31)18-17-20-27-24(25)26;/h9-10,21H,2-8,11-20H2,1H3,(H,28,29)(H,30,31)(H4,25,26,27);/q;+1/p-1/b10-9-;/t21-;/m0./s1. The largest absolute Gasteiger partial charge is 1.00 e. The fraction of sp³-hybridized carbons (Fsp3) is 0.792. The predicted molar refractivity (Wildman–Crippen MR) is 126 cm³/mol. The number of carboxylic acids is 1. The molecule has 0 bridgehead atoms. The maximum absolute atomic E-state index is 12.0. The smallest absolute Gasteiger partial charge is 0.548 e. The first-order valence-corrected chi connectivity index (χ1v) is 12.2. The molecule has 0 rings (SSSR count). The van der Waals surface area contributed by atoms with Gasteiger partial charge in [-0.15, -0.1) is 0 Å². The fourth-order valence-corrected chi connectivity index (χ4v) is 3.38.